The van der Waals surface area contributed by atoms with Gasteiger partial charge in [0.1, 0.15) is 5.82 Å². The highest BCUT2D eigenvalue weighted by Gasteiger charge is 2.19. The van der Waals surface area contributed by atoms with Gasteiger partial charge in [0.2, 0.25) is 5.91 Å². The molecule has 26 heavy (non-hydrogen) atoms. The molecule has 0 spiro atoms. The maximum absolute atomic E-state index is 12.3. The van der Waals surface area contributed by atoms with Crippen molar-refractivity contribution in [3.8, 4) is 0 Å². The highest BCUT2D eigenvalue weighted by molar-refractivity contribution is 6.35. The molecular weight excluding hydrogens is 375 g/mol. The number of anilines is 2. The van der Waals surface area contributed by atoms with Crippen LogP contribution in [0.3, 0.4) is 0 Å². The quantitative estimate of drug-likeness (QED) is 0.869. The Hall–Kier alpha value is -2.31. The summed E-state index contributed by atoms with van der Waals surface area (Å²) in [6, 6.07) is 8.38. The molecule has 1 N–H and O–H groups in total. The summed E-state index contributed by atoms with van der Waals surface area (Å²) >= 11 is 11.9. The normalized spacial score (nSPS) is 14.3. The van der Waals surface area contributed by atoms with Crippen LogP contribution in [0.1, 0.15) is 17.3 Å². The maximum Gasteiger partial charge on any atom is 0.257 e. The highest BCUT2D eigenvalue weighted by atomic mass is 35.5. The second-order valence-electron chi connectivity index (χ2n) is 6.01. The lowest BCUT2D eigenvalue weighted by Gasteiger charge is -2.34. The number of nitrogens with zero attached hydrogens (tertiary/aromatic N) is 3. The van der Waals surface area contributed by atoms with E-state index < -0.39 is 0 Å². The van der Waals surface area contributed by atoms with Crippen molar-refractivity contribution in [2.24, 2.45) is 0 Å². The van der Waals surface area contributed by atoms with Crippen LogP contribution in [0.25, 0.3) is 0 Å². The van der Waals surface area contributed by atoms with Gasteiger partial charge in [0, 0.05) is 55.0 Å². The molecule has 2 amide bonds. The Balaban J connectivity index is 1.64. The molecule has 1 fully saturated rings. The predicted molar refractivity (Wildman–Crippen MR) is 103 cm³/mol. The first kappa shape index (κ1) is 18.5. The molecule has 3 rings (SSSR count). The smallest absolute Gasteiger partial charge is 0.257 e. The molecule has 0 atom stereocenters. The summed E-state index contributed by atoms with van der Waals surface area (Å²) in [4.78, 5) is 32.0. The summed E-state index contributed by atoms with van der Waals surface area (Å²) in [5.41, 5.74) is 0.962. The summed E-state index contributed by atoms with van der Waals surface area (Å²) in [5, 5.41) is 3.65. The maximum atomic E-state index is 12.3. The van der Waals surface area contributed by atoms with Gasteiger partial charge in [-0.2, -0.15) is 0 Å². The number of halogens is 2. The summed E-state index contributed by atoms with van der Waals surface area (Å²) in [6.07, 6.45) is 1.54. The van der Waals surface area contributed by atoms with Crippen LogP contribution in [0.4, 0.5) is 11.5 Å². The van der Waals surface area contributed by atoms with Gasteiger partial charge in [-0.05, 0) is 30.3 Å². The van der Waals surface area contributed by atoms with Gasteiger partial charge >= 0.3 is 0 Å². The Labute approximate surface area is 161 Å². The number of hydrogen-bond acceptors (Lipinski definition) is 4. The van der Waals surface area contributed by atoms with Crippen molar-refractivity contribution in [2.75, 3.05) is 36.4 Å². The molecular formula is C18H18Cl2N4O2. The third-order valence-electron chi connectivity index (χ3n) is 4.18. The Morgan fingerprint density at radius 3 is 2.23 bits per heavy atom. The van der Waals surface area contributed by atoms with Gasteiger partial charge in [0.15, 0.2) is 0 Å². The number of carbonyl (C=O) groups is 2. The summed E-state index contributed by atoms with van der Waals surface area (Å²) in [7, 11) is 0. The lowest BCUT2D eigenvalue weighted by molar-refractivity contribution is -0.129. The van der Waals surface area contributed by atoms with E-state index in [9.17, 15) is 9.59 Å². The third-order valence-corrected chi connectivity index (χ3v) is 4.62. The van der Waals surface area contributed by atoms with Crippen LogP contribution >= 0.6 is 23.2 Å². The number of aromatic nitrogens is 1. The van der Waals surface area contributed by atoms with Crippen LogP contribution in [0.2, 0.25) is 10.0 Å². The molecule has 1 aromatic heterocycles. The average molecular weight is 393 g/mol. The van der Waals surface area contributed by atoms with Gasteiger partial charge in [-0.3, -0.25) is 9.59 Å². The fraction of sp³-hybridized carbons (Fsp3) is 0.278. The first-order valence-corrected chi connectivity index (χ1v) is 8.92. The molecule has 0 bridgehead atoms. The van der Waals surface area contributed by atoms with Crippen LogP contribution in [0.5, 0.6) is 0 Å². The number of benzene rings is 1. The Morgan fingerprint density at radius 2 is 1.69 bits per heavy atom. The van der Waals surface area contributed by atoms with E-state index >= 15 is 0 Å². The van der Waals surface area contributed by atoms with E-state index in [0.717, 1.165) is 18.9 Å². The molecule has 0 radical (unpaired) electrons. The molecule has 2 heterocycles. The fourth-order valence-corrected chi connectivity index (χ4v) is 3.31. The summed E-state index contributed by atoms with van der Waals surface area (Å²) in [6.45, 7) is 4.37. The van der Waals surface area contributed by atoms with Crippen molar-refractivity contribution in [3.05, 3.63) is 52.1 Å². The molecule has 1 aliphatic rings. The summed E-state index contributed by atoms with van der Waals surface area (Å²) in [5.74, 6) is 0.588. The van der Waals surface area contributed by atoms with E-state index in [1.54, 1.807) is 31.2 Å². The zero-order chi connectivity index (χ0) is 18.7. The Bertz CT molecular complexity index is 798. The van der Waals surface area contributed by atoms with Crippen LogP contribution in [-0.2, 0) is 4.79 Å². The third kappa shape index (κ3) is 4.45. The van der Waals surface area contributed by atoms with E-state index in [0.29, 0.717) is 34.4 Å². The minimum Gasteiger partial charge on any atom is -0.353 e. The second kappa shape index (κ2) is 7.93. The average Bonchev–Trinajstić information content (AvgIpc) is 2.61. The van der Waals surface area contributed by atoms with Crippen molar-refractivity contribution < 1.29 is 9.59 Å². The molecule has 136 valence electrons. The van der Waals surface area contributed by atoms with Gasteiger partial charge in [-0.25, -0.2) is 4.98 Å². The van der Waals surface area contributed by atoms with E-state index in [1.165, 1.54) is 6.20 Å². The number of amides is 2. The highest BCUT2D eigenvalue weighted by Crippen LogP contribution is 2.23. The first-order chi connectivity index (χ1) is 12.4. The standard InChI is InChI=1S/C18H18Cl2N4O2/c1-12(25)23-4-6-24(7-5-23)17-3-2-13(11-21-17)18(26)22-16-9-14(19)8-15(20)10-16/h2-3,8-11H,4-7H2,1H3,(H,22,26). The molecule has 0 aliphatic carbocycles. The number of nitrogens with one attached hydrogen (secondary N) is 1. The van der Waals surface area contributed by atoms with Crippen molar-refractivity contribution >= 4 is 46.5 Å². The van der Waals surface area contributed by atoms with Gasteiger partial charge in [0.25, 0.3) is 5.91 Å². The Morgan fingerprint density at radius 1 is 1.04 bits per heavy atom. The number of rotatable bonds is 3. The van der Waals surface area contributed by atoms with Crippen molar-refractivity contribution in [1.29, 1.82) is 0 Å². The molecule has 1 saturated heterocycles. The van der Waals surface area contributed by atoms with Crippen LogP contribution in [0, 0.1) is 0 Å². The van der Waals surface area contributed by atoms with Crippen molar-refractivity contribution in [1.82, 2.24) is 9.88 Å². The van der Waals surface area contributed by atoms with E-state index in [1.807, 2.05) is 11.0 Å². The topological polar surface area (TPSA) is 65.5 Å². The van der Waals surface area contributed by atoms with Crippen molar-refractivity contribution in [3.63, 3.8) is 0 Å². The Kier molecular flexibility index (Phi) is 5.64. The molecule has 8 heteroatoms. The van der Waals surface area contributed by atoms with Crippen LogP contribution in [-0.4, -0.2) is 47.9 Å². The van der Waals surface area contributed by atoms with E-state index in [2.05, 4.69) is 15.2 Å². The van der Waals surface area contributed by atoms with E-state index in [4.69, 9.17) is 23.2 Å². The SMILES string of the molecule is CC(=O)N1CCN(c2ccc(C(=O)Nc3cc(Cl)cc(Cl)c3)cn2)CC1. The van der Waals surface area contributed by atoms with Crippen molar-refractivity contribution in [2.45, 2.75) is 6.92 Å². The van der Waals surface area contributed by atoms with E-state index in [-0.39, 0.29) is 11.8 Å². The zero-order valence-electron chi connectivity index (χ0n) is 14.2. The van der Waals surface area contributed by atoms with Gasteiger partial charge < -0.3 is 15.1 Å². The fourth-order valence-electron chi connectivity index (χ4n) is 2.79. The van der Waals surface area contributed by atoms with Crippen LogP contribution in [0.15, 0.2) is 36.5 Å². The van der Waals surface area contributed by atoms with Gasteiger partial charge in [-0.15, -0.1) is 0 Å². The lowest BCUT2D eigenvalue weighted by Crippen LogP contribution is -2.48. The molecule has 0 saturated carbocycles. The van der Waals surface area contributed by atoms with Crippen LogP contribution < -0.4 is 10.2 Å². The summed E-state index contributed by atoms with van der Waals surface area (Å²) < 4.78 is 0. The van der Waals surface area contributed by atoms with Gasteiger partial charge in [0.05, 0.1) is 5.56 Å². The number of piperazine rings is 1. The lowest BCUT2D eigenvalue weighted by atomic mass is 10.2. The number of carbonyl (C=O) groups excluding carboxylic acids is 2. The second-order valence-corrected chi connectivity index (χ2v) is 6.88. The molecule has 1 aliphatic heterocycles. The minimum absolute atomic E-state index is 0.0887. The first-order valence-electron chi connectivity index (χ1n) is 8.16. The number of hydrogen-bond donors (Lipinski definition) is 1. The molecule has 2 aromatic rings. The minimum atomic E-state index is -0.288. The largest absolute Gasteiger partial charge is 0.353 e. The number of pyridine rings is 1. The van der Waals surface area contributed by atoms with Gasteiger partial charge in [-0.1, -0.05) is 23.2 Å². The monoisotopic (exact) mass is 392 g/mol. The molecule has 0 unspecified atom stereocenters. The molecule has 1 aromatic carbocycles. The molecule has 6 nitrogen and oxygen atoms in total. The zero-order valence-corrected chi connectivity index (χ0v) is 15.7. The predicted octanol–water partition coefficient (Wildman–Crippen LogP) is 3.31.